The van der Waals surface area contributed by atoms with E-state index < -0.39 is 0 Å². The van der Waals surface area contributed by atoms with Gasteiger partial charge in [-0.2, -0.15) is 4.98 Å². The van der Waals surface area contributed by atoms with Crippen molar-refractivity contribution in [3.63, 3.8) is 0 Å². The van der Waals surface area contributed by atoms with Crippen molar-refractivity contribution in [2.45, 2.75) is 19.3 Å². The highest BCUT2D eigenvalue weighted by molar-refractivity contribution is 5.96. The molecule has 3 aromatic rings. The van der Waals surface area contributed by atoms with Crippen LogP contribution in [0.2, 0.25) is 0 Å². The molecule has 0 spiro atoms. The van der Waals surface area contributed by atoms with Gasteiger partial charge in [0.25, 0.3) is 0 Å². The SMILES string of the molecule is Cc1cc(N2CC(c3nc(-c4ccccn4)no3)CC2=O)ccc1F. The predicted molar refractivity (Wildman–Crippen MR) is 88.4 cm³/mol. The van der Waals surface area contributed by atoms with Gasteiger partial charge < -0.3 is 9.42 Å². The molecule has 0 radical (unpaired) electrons. The van der Waals surface area contributed by atoms with Crippen LogP contribution in [0.4, 0.5) is 10.1 Å². The number of carbonyl (C=O) groups is 1. The van der Waals surface area contributed by atoms with Crippen LogP contribution in [0.15, 0.2) is 47.1 Å². The number of aromatic nitrogens is 3. The topological polar surface area (TPSA) is 72.1 Å². The van der Waals surface area contributed by atoms with Gasteiger partial charge in [0.05, 0.1) is 5.92 Å². The van der Waals surface area contributed by atoms with Crippen molar-refractivity contribution in [1.29, 1.82) is 0 Å². The monoisotopic (exact) mass is 338 g/mol. The van der Waals surface area contributed by atoms with Crippen LogP contribution in [-0.2, 0) is 4.79 Å². The van der Waals surface area contributed by atoms with Gasteiger partial charge in [0.1, 0.15) is 11.5 Å². The fourth-order valence-electron chi connectivity index (χ4n) is 2.92. The molecular weight excluding hydrogens is 323 g/mol. The third-order valence-electron chi connectivity index (χ3n) is 4.26. The van der Waals surface area contributed by atoms with Crippen molar-refractivity contribution in [1.82, 2.24) is 15.1 Å². The first-order valence-electron chi connectivity index (χ1n) is 7.93. The summed E-state index contributed by atoms with van der Waals surface area (Å²) in [6, 6.07) is 10.1. The number of aryl methyl sites for hydroxylation is 1. The van der Waals surface area contributed by atoms with Crippen LogP contribution >= 0.6 is 0 Å². The number of pyridine rings is 1. The Morgan fingerprint density at radius 2 is 2.16 bits per heavy atom. The van der Waals surface area contributed by atoms with Crippen molar-refractivity contribution in [2.75, 3.05) is 11.4 Å². The summed E-state index contributed by atoms with van der Waals surface area (Å²) < 4.78 is 18.8. The Hall–Kier alpha value is -3.09. The fraction of sp³-hybridized carbons (Fsp3) is 0.222. The predicted octanol–water partition coefficient (Wildman–Crippen LogP) is 3.10. The Kier molecular flexibility index (Phi) is 3.76. The third-order valence-corrected chi connectivity index (χ3v) is 4.26. The Morgan fingerprint density at radius 3 is 2.92 bits per heavy atom. The minimum Gasteiger partial charge on any atom is -0.339 e. The molecule has 0 aliphatic carbocycles. The van der Waals surface area contributed by atoms with Crippen molar-refractivity contribution in [2.24, 2.45) is 0 Å². The zero-order chi connectivity index (χ0) is 17.4. The Bertz CT molecular complexity index is 926. The number of benzene rings is 1. The summed E-state index contributed by atoms with van der Waals surface area (Å²) in [6.45, 7) is 2.10. The molecule has 126 valence electrons. The Labute approximate surface area is 143 Å². The number of anilines is 1. The van der Waals surface area contributed by atoms with E-state index in [0.717, 1.165) is 0 Å². The summed E-state index contributed by atoms with van der Waals surface area (Å²) in [5.74, 6) is 0.287. The molecule has 0 bridgehead atoms. The third kappa shape index (κ3) is 2.88. The number of carbonyl (C=O) groups excluding carboxylic acids is 1. The van der Waals surface area contributed by atoms with Gasteiger partial charge >= 0.3 is 0 Å². The van der Waals surface area contributed by atoms with Gasteiger partial charge in [-0.1, -0.05) is 11.2 Å². The molecule has 4 rings (SSSR count). The molecule has 7 heteroatoms. The number of halogens is 1. The lowest BCUT2D eigenvalue weighted by molar-refractivity contribution is -0.117. The van der Waals surface area contributed by atoms with Crippen LogP contribution in [0.1, 0.15) is 23.8 Å². The number of amides is 1. The van der Waals surface area contributed by atoms with Gasteiger partial charge in [-0.25, -0.2) is 4.39 Å². The number of rotatable bonds is 3. The van der Waals surface area contributed by atoms with Gasteiger partial charge in [0, 0.05) is 24.8 Å². The molecule has 25 heavy (non-hydrogen) atoms. The van der Waals surface area contributed by atoms with E-state index in [2.05, 4.69) is 15.1 Å². The first-order valence-corrected chi connectivity index (χ1v) is 7.93. The maximum atomic E-state index is 13.4. The zero-order valence-electron chi connectivity index (χ0n) is 13.5. The van der Waals surface area contributed by atoms with Crippen molar-refractivity contribution in [3.05, 3.63) is 59.9 Å². The summed E-state index contributed by atoms with van der Waals surface area (Å²) in [7, 11) is 0. The maximum absolute atomic E-state index is 13.4. The molecule has 3 heterocycles. The van der Waals surface area contributed by atoms with Gasteiger partial charge in [0.2, 0.25) is 17.6 Å². The molecule has 1 aliphatic heterocycles. The van der Waals surface area contributed by atoms with E-state index in [-0.39, 0.29) is 24.1 Å². The van der Waals surface area contributed by atoms with Crippen LogP contribution in [0.5, 0.6) is 0 Å². The average molecular weight is 338 g/mol. The van der Waals surface area contributed by atoms with Gasteiger partial charge in [0.15, 0.2) is 0 Å². The quantitative estimate of drug-likeness (QED) is 0.734. The van der Waals surface area contributed by atoms with Crippen LogP contribution in [0, 0.1) is 12.7 Å². The summed E-state index contributed by atoms with van der Waals surface area (Å²) in [6.07, 6.45) is 1.93. The molecule has 1 saturated heterocycles. The fourth-order valence-corrected chi connectivity index (χ4v) is 2.92. The summed E-state index contributed by atoms with van der Waals surface area (Å²) >= 11 is 0. The lowest BCUT2D eigenvalue weighted by Gasteiger charge is -2.16. The van der Waals surface area contributed by atoms with Gasteiger partial charge in [-0.05, 0) is 42.8 Å². The van der Waals surface area contributed by atoms with Crippen LogP contribution in [0.3, 0.4) is 0 Å². The molecule has 1 aromatic carbocycles. The summed E-state index contributed by atoms with van der Waals surface area (Å²) in [4.78, 5) is 22.6. The molecule has 1 unspecified atom stereocenters. The smallest absolute Gasteiger partial charge is 0.232 e. The largest absolute Gasteiger partial charge is 0.339 e. The molecule has 1 fully saturated rings. The van der Waals surface area contributed by atoms with Crippen LogP contribution in [0.25, 0.3) is 11.5 Å². The second kappa shape index (κ2) is 6.08. The van der Waals surface area contributed by atoms with E-state index >= 15 is 0 Å². The minimum atomic E-state index is -0.288. The maximum Gasteiger partial charge on any atom is 0.232 e. The van der Waals surface area contributed by atoms with Gasteiger partial charge in [-0.15, -0.1) is 0 Å². The van der Waals surface area contributed by atoms with E-state index in [4.69, 9.17) is 4.52 Å². The van der Waals surface area contributed by atoms with E-state index in [0.29, 0.717) is 35.2 Å². The molecule has 1 amide bonds. The Morgan fingerprint density at radius 1 is 1.28 bits per heavy atom. The molecule has 1 atom stereocenters. The second-order valence-electron chi connectivity index (χ2n) is 6.01. The molecule has 6 nitrogen and oxygen atoms in total. The van der Waals surface area contributed by atoms with E-state index in [9.17, 15) is 9.18 Å². The van der Waals surface area contributed by atoms with Crippen LogP contribution < -0.4 is 4.90 Å². The molecule has 2 aromatic heterocycles. The van der Waals surface area contributed by atoms with Crippen molar-refractivity contribution >= 4 is 11.6 Å². The van der Waals surface area contributed by atoms with Crippen molar-refractivity contribution < 1.29 is 13.7 Å². The molecule has 0 N–H and O–H groups in total. The number of hydrogen-bond donors (Lipinski definition) is 0. The highest BCUT2D eigenvalue weighted by Gasteiger charge is 2.35. The molecule has 0 saturated carbocycles. The number of hydrogen-bond acceptors (Lipinski definition) is 5. The normalized spacial score (nSPS) is 17.3. The molecular formula is C18H15FN4O2. The second-order valence-corrected chi connectivity index (χ2v) is 6.01. The zero-order valence-corrected chi connectivity index (χ0v) is 13.5. The lowest BCUT2D eigenvalue weighted by Crippen LogP contribution is -2.24. The first kappa shape index (κ1) is 15.4. The molecule has 1 aliphatic rings. The average Bonchev–Trinajstić information content (AvgIpc) is 3.25. The van der Waals surface area contributed by atoms with Crippen LogP contribution in [-0.4, -0.2) is 27.6 Å². The Balaban J connectivity index is 1.56. The van der Waals surface area contributed by atoms with Gasteiger partial charge in [-0.3, -0.25) is 9.78 Å². The van der Waals surface area contributed by atoms with E-state index in [1.54, 1.807) is 36.2 Å². The van der Waals surface area contributed by atoms with E-state index in [1.807, 2.05) is 12.1 Å². The van der Waals surface area contributed by atoms with E-state index in [1.165, 1.54) is 6.07 Å². The highest BCUT2D eigenvalue weighted by Crippen LogP contribution is 2.32. The van der Waals surface area contributed by atoms with Crippen molar-refractivity contribution in [3.8, 4) is 11.5 Å². The summed E-state index contributed by atoms with van der Waals surface area (Å²) in [5, 5.41) is 3.95. The summed E-state index contributed by atoms with van der Waals surface area (Å²) in [5.41, 5.74) is 1.80. The standard InChI is InChI=1S/C18H15FN4O2/c1-11-8-13(5-6-14(11)19)23-10-12(9-16(23)24)18-21-17(22-25-18)15-4-2-3-7-20-15/h2-8,12H,9-10H2,1H3. The first-order chi connectivity index (χ1) is 12.1. The minimum absolute atomic E-state index is 0.0476. The highest BCUT2D eigenvalue weighted by atomic mass is 19.1. The lowest BCUT2D eigenvalue weighted by atomic mass is 10.1. The number of nitrogens with zero attached hydrogens (tertiary/aromatic N) is 4.